The van der Waals surface area contributed by atoms with Crippen LogP contribution in [-0.4, -0.2) is 28.1 Å². The van der Waals surface area contributed by atoms with Crippen molar-refractivity contribution in [2.45, 2.75) is 25.3 Å². The molecule has 1 saturated heterocycles. The average molecular weight is 344 g/mol. The minimum Gasteiger partial charge on any atom is -0.508 e. The molecule has 4 rings (SSSR count). The minimum atomic E-state index is 0.378. The molecule has 1 aliphatic rings. The summed E-state index contributed by atoms with van der Waals surface area (Å²) in [7, 11) is 0. The summed E-state index contributed by atoms with van der Waals surface area (Å²) in [6, 6.07) is 20.7. The maximum Gasteiger partial charge on any atom is 0.120 e. The molecule has 3 nitrogen and oxygen atoms in total. The van der Waals surface area contributed by atoms with E-state index in [1.165, 1.54) is 18.4 Å². The van der Waals surface area contributed by atoms with E-state index in [4.69, 9.17) is 0 Å². The first-order valence-electron chi connectivity index (χ1n) is 9.29. The van der Waals surface area contributed by atoms with Crippen LogP contribution in [0.3, 0.4) is 0 Å². The van der Waals surface area contributed by atoms with E-state index in [2.05, 4.69) is 52.3 Å². The van der Waals surface area contributed by atoms with Crippen molar-refractivity contribution in [2.75, 3.05) is 13.1 Å². The summed E-state index contributed by atoms with van der Waals surface area (Å²) < 4.78 is 0. The van der Waals surface area contributed by atoms with Crippen LogP contribution in [-0.2, 0) is 6.54 Å². The summed E-state index contributed by atoms with van der Waals surface area (Å²) in [4.78, 5) is 6.64. The van der Waals surface area contributed by atoms with E-state index in [1.807, 2.05) is 18.3 Å². The lowest BCUT2D eigenvalue weighted by Gasteiger charge is -2.32. The van der Waals surface area contributed by atoms with Crippen LogP contribution in [0.1, 0.15) is 29.9 Å². The van der Waals surface area contributed by atoms with Gasteiger partial charge in [-0.3, -0.25) is 9.88 Å². The number of phenols is 1. The highest BCUT2D eigenvalue weighted by molar-refractivity contribution is 5.64. The predicted octanol–water partition coefficient (Wildman–Crippen LogP) is 4.83. The Morgan fingerprint density at radius 3 is 2.46 bits per heavy atom. The molecule has 26 heavy (non-hydrogen) atoms. The van der Waals surface area contributed by atoms with Crippen LogP contribution >= 0.6 is 0 Å². The lowest BCUT2D eigenvalue weighted by Crippen LogP contribution is -2.32. The van der Waals surface area contributed by atoms with Crippen LogP contribution in [0.2, 0.25) is 0 Å². The normalized spacial score (nSPS) is 15.8. The fourth-order valence-electron chi connectivity index (χ4n) is 3.82. The molecule has 0 amide bonds. The molecule has 3 aromatic rings. The van der Waals surface area contributed by atoms with Crippen LogP contribution in [0.25, 0.3) is 11.1 Å². The Bertz CT molecular complexity index is 841. The van der Waals surface area contributed by atoms with Gasteiger partial charge in [0.1, 0.15) is 5.75 Å². The Balaban J connectivity index is 1.43. The highest BCUT2D eigenvalue weighted by atomic mass is 16.3. The molecular weight excluding hydrogens is 320 g/mol. The van der Waals surface area contributed by atoms with Gasteiger partial charge in [-0.15, -0.1) is 0 Å². The smallest absolute Gasteiger partial charge is 0.120 e. The van der Waals surface area contributed by atoms with Crippen molar-refractivity contribution in [2.24, 2.45) is 0 Å². The number of likely N-dealkylation sites (tertiary alicyclic amines) is 1. The Hall–Kier alpha value is -2.65. The fraction of sp³-hybridized carbons (Fsp3) is 0.261. The number of hydrogen-bond donors (Lipinski definition) is 1. The van der Waals surface area contributed by atoms with E-state index in [-0.39, 0.29) is 0 Å². The van der Waals surface area contributed by atoms with Crippen molar-refractivity contribution in [3.05, 3.63) is 84.2 Å². The molecule has 132 valence electrons. The van der Waals surface area contributed by atoms with E-state index in [1.54, 1.807) is 12.3 Å². The zero-order valence-electron chi connectivity index (χ0n) is 14.9. The molecule has 2 aromatic carbocycles. The van der Waals surface area contributed by atoms with Crippen molar-refractivity contribution >= 4 is 0 Å². The molecule has 2 heterocycles. The van der Waals surface area contributed by atoms with Gasteiger partial charge >= 0.3 is 0 Å². The topological polar surface area (TPSA) is 36.4 Å². The quantitative estimate of drug-likeness (QED) is 0.736. The van der Waals surface area contributed by atoms with Gasteiger partial charge in [0.2, 0.25) is 0 Å². The van der Waals surface area contributed by atoms with Crippen LogP contribution in [0.5, 0.6) is 5.75 Å². The number of benzene rings is 2. The van der Waals surface area contributed by atoms with Gasteiger partial charge in [0.05, 0.1) is 0 Å². The molecule has 0 spiro atoms. The van der Waals surface area contributed by atoms with Crippen molar-refractivity contribution in [1.82, 2.24) is 9.88 Å². The van der Waals surface area contributed by atoms with E-state index < -0.39 is 0 Å². The number of nitrogens with zero attached hydrogens (tertiary/aromatic N) is 2. The second-order valence-corrected chi connectivity index (χ2v) is 7.05. The Morgan fingerprint density at radius 1 is 0.923 bits per heavy atom. The number of aromatic hydroxyl groups is 1. The van der Waals surface area contributed by atoms with Crippen molar-refractivity contribution in [1.29, 1.82) is 0 Å². The van der Waals surface area contributed by atoms with Gasteiger partial charge in [0.25, 0.3) is 0 Å². The maximum absolute atomic E-state index is 10.3. The largest absolute Gasteiger partial charge is 0.508 e. The van der Waals surface area contributed by atoms with Gasteiger partial charge in [0.15, 0.2) is 0 Å². The molecule has 1 aromatic heterocycles. The van der Waals surface area contributed by atoms with Crippen LogP contribution in [0.4, 0.5) is 0 Å². The molecule has 1 N–H and O–H groups in total. The molecule has 0 aliphatic carbocycles. The Kier molecular flexibility index (Phi) is 4.98. The second-order valence-electron chi connectivity index (χ2n) is 7.05. The molecule has 1 fully saturated rings. The van der Waals surface area contributed by atoms with Gasteiger partial charge in [-0.1, -0.05) is 42.5 Å². The van der Waals surface area contributed by atoms with Crippen LogP contribution < -0.4 is 0 Å². The monoisotopic (exact) mass is 344 g/mol. The standard InChI is InChI=1S/C23H24N2O/c26-23-9-8-20(21-7-4-12-24-16-21)15-22(23)17-25-13-10-19(11-14-25)18-5-2-1-3-6-18/h1-9,12,15-16,19,26H,10-11,13-14,17H2. The number of aromatic nitrogens is 1. The molecule has 0 bridgehead atoms. The number of phenolic OH excluding ortho intramolecular Hbond substituents is 1. The lowest BCUT2D eigenvalue weighted by molar-refractivity contribution is 0.202. The zero-order chi connectivity index (χ0) is 17.8. The molecule has 1 aliphatic heterocycles. The van der Waals surface area contributed by atoms with Crippen molar-refractivity contribution < 1.29 is 5.11 Å². The van der Waals surface area contributed by atoms with Crippen LogP contribution in [0, 0.1) is 0 Å². The third kappa shape index (κ3) is 3.78. The van der Waals surface area contributed by atoms with E-state index >= 15 is 0 Å². The first-order chi connectivity index (χ1) is 12.8. The van der Waals surface area contributed by atoms with Gasteiger partial charge in [-0.25, -0.2) is 0 Å². The molecule has 0 saturated carbocycles. The molecule has 0 radical (unpaired) electrons. The fourth-order valence-corrected chi connectivity index (χ4v) is 3.82. The third-order valence-corrected chi connectivity index (χ3v) is 5.33. The Labute approximate surface area is 155 Å². The van der Waals surface area contributed by atoms with E-state index in [0.29, 0.717) is 11.7 Å². The Morgan fingerprint density at radius 2 is 1.73 bits per heavy atom. The van der Waals surface area contributed by atoms with Crippen LogP contribution in [0.15, 0.2) is 73.1 Å². The van der Waals surface area contributed by atoms with Gasteiger partial charge in [-0.05, 0) is 61.2 Å². The van der Waals surface area contributed by atoms with Crippen molar-refractivity contribution in [3.63, 3.8) is 0 Å². The molecular formula is C23H24N2O. The summed E-state index contributed by atoms with van der Waals surface area (Å²) in [5.74, 6) is 1.03. The summed E-state index contributed by atoms with van der Waals surface area (Å²) in [5, 5.41) is 10.3. The first-order valence-corrected chi connectivity index (χ1v) is 9.29. The lowest BCUT2D eigenvalue weighted by atomic mass is 9.89. The summed E-state index contributed by atoms with van der Waals surface area (Å²) in [6.45, 7) is 2.92. The van der Waals surface area contributed by atoms with Gasteiger partial charge in [-0.2, -0.15) is 0 Å². The van der Waals surface area contributed by atoms with E-state index in [9.17, 15) is 5.11 Å². The molecule has 0 atom stereocenters. The molecule has 0 unspecified atom stereocenters. The highest BCUT2D eigenvalue weighted by Gasteiger charge is 2.21. The van der Waals surface area contributed by atoms with E-state index in [0.717, 1.165) is 36.3 Å². The SMILES string of the molecule is Oc1ccc(-c2cccnc2)cc1CN1CCC(c2ccccc2)CC1. The summed E-state index contributed by atoms with van der Waals surface area (Å²) >= 11 is 0. The van der Waals surface area contributed by atoms with Gasteiger partial charge < -0.3 is 5.11 Å². The number of hydrogen-bond acceptors (Lipinski definition) is 3. The first kappa shape index (κ1) is 16.8. The van der Waals surface area contributed by atoms with Gasteiger partial charge in [0, 0.05) is 30.1 Å². The summed E-state index contributed by atoms with van der Waals surface area (Å²) in [6.07, 6.45) is 5.99. The second kappa shape index (κ2) is 7.71. The number of rotatable bonds is 4. The highest BCUT2D eigenvalue weighted by Crippen LogP contribution is 2.31. The zero-order valence-corrected chi connectivity index (χ0v) is 14.9. The summed E-state index contributed by atoms with van der Waals surface area (Å²) in [5.41, 5.74) is 4.62. The number of pyridine rings is 1. The maximum atomic E-state index is 10.3. The third-order valence-electron chi connectivity index (χ3n) is 5.33. The molecule has 3 heteroatoms. The predicted molar refractivity (Wildman–Crippen MR) is 105 cm³/mol. The van der Waals surface area contributed by atoms with Crippen molar-refractivity contribution in [3.8, 4) is 16.9 Å². The average Bonchev–Trinajstić information content (AvgIpc) is 2.71. The minimum absolute atomic E-state index is 0.378. The number of piperidine rings is 1.